The first kappa shape index (κ1) is 12.2. The Morgan fingerprint density at radius 2 is 2.21 bits per heavy atom. The van der Waals surface area contributed by atoms with Crippen molar-refractivity contribution in [3.8, 4) is 0 Å². The summed E-state index contributed by atoms with van der Waals surface area (Å²) in [7, 11) is 0. The summed E-state index contributed by atoms with van der Waals surface area (Å²) in [6.45, 7) is 0.793. The highest BCUT2D eigenvalue weighted by Crippen LogP contribution is 2.16. The number of aryl methyl sites for hydroxylation is 1. The lowest BCUT2D eigenvalue weighted by molar-refractivity contribution is 0.639. The number of halogens is 1. The summed E-state index contributed by atoms with van der Waals surface area (Å²) in [6, 6.07) is 4.35. The molecule has 0 aliphatic rings. The minimum absolute atomic E-state index is 0.621. The zero-order valence-electron chi connectivity index (χ0n) is 8.42. The molecule has 1 heterocycles. The third-order valence-corrected chi connectivity index (χ3v) is 4.10. The maximum absolute atomic E-state index is 5.48. The van der Waals surface area contributed by atoms with Gasteiger partial charge in [-0.3, -0.25) is 0 Å². The van der Waals surface area contributed by atoms with Gasteiger partial charge in [0.15, 0.2) is 0 Å². The smallest absolute Gasteiger partial charge is 0.0157 e. The second kappa shape index (κ2) is 7.43. The first-order chi connectivity index (χ1) is 6.83. The molecule has 0 amide bonds. The third kappa shape index (κ3) is 5.13. The van der Waals surface area contributed by atoms with Crippen molar-refractivity contribution in [1.29, 1.82) is 0 Å². The molecule has 1 nitrogen and oxygen atoms in total. The molecule has 0 radical (unpaired) electrons. The summed E-state index contributed by atoms with van der Waals surface area (Å²) in [4.78, 5) is 2.13. The van der Waals surface area contributed by atoms with Gasteiger partial charge in [0.25, 0.3) is 0 Å². The lowest BCUT2D eigenvalue weighted by atomic mass is 10.1. The summed E-state index contributed by atoms with van der Waals surface area (Å²) >= 11 is 5.50. The molecule has 0 fully saturated rings. The van der Waals surface area contributed by atoms with Crippen LogP contribution in [0.3, 0.4) is 0 Å². The SMILES string of the molecule is NCCC(Br)CCCCc1cccs1. The van der Waals surface area contributed by atoms with Gasteiger partial charge in [0.2, 0.25) is 0 Å². The van der Waals surface area contributed by atoms with Crippen LogP contribution in [-0.2, 0) is 6.42 Å². The van der Waals surface area contributed by atoms with Crippen molar-refractivity contribution >= 4 is 27.3 Å². The van der Waals surface area contributed by atoms with Crippen molar-refractivity contribution in [2.45, 2.75) is 36.9 Å². The molecular weight excluding hydrogens is 258 g/mol. The Labute approximate surface area is 98.8 Å². The van der Waals surface area contributed by atoms with E-state index in [-0.39, 0.29) is 0 Å². The average Bonchev–Trinajstić information content (AvgIpc) is 2.65. The second-order valence-corrected chi connectivity index (χ2v) is 5.83. The van der Waals surface area contributed by atoms with E-state index in [1.165, 1.54) is 30.6 Å². The Morgan fingerprint density at radius 1 is 1.36 bits per heavy atom. The number of nitrogens with two attached hydrogens (primary N) is 1. The van der Waals surface area contributed by atoms with E-state index in [0.29, 0.717) is 4.83 Å². The topological polar surface area (TPSA) is 26.0 Å². The fourth-order valence-corrected chi connectivity index (χ4v) is 2.78. The van der Waals surface area contributed by atoms with Gasteiger partial charge in [-0.05, 0) is 43.7 Å². The number of thiophene rings is 1. The molecule has 0 saturated heterocycles. The van der Waals surface area contributed by atoms with Crippen molar-refractivity contribution in [2.24, 2.45) is 5.73 Å². The van der Waals surface area contributed by atoms with Crippen molar-refractivity contribution < 1.29 is 0 Å². The molecule has 1 rings (SSSR count). The van der Waals surface area contributed by atoms with Crippen molar-refractivity contribution in [3.63, 3.8) is 0 Å². The Balaban J connectivity index is 1.99. The summed E-state index contributed by atoms with van der Waals surface area (Å²) in [5, 5.41) is 2.15. The molecule has 1 aromatic heterocycles. The number of hydrogen-bond donors (Lipinski definition) is 1. The van der Waals surface area contributed by atoms with Crippen molar-refractivity contribution in [3.05, 3.63) is 22.4 Å². The highest BCUT2D eigenvalue weighted by atomic mass is 79.9. The number of unbranched alkanes of at least 4 members (excludes halogenated alkanes) is 1. The maximum atomic E-state index is 5.48. The monoisotopic (exact) mass is 275 g/mol. The molecule has 1 aromatic rings. The first-order valence-electron chi connectivity index (χ1n) is 5.19. The highest BCUT2D eigenvalue weighted by molar-refractivity contribution is 9.09. The summed E-state index contributed by atoms with van der Waals surface area (Å²) in [6.07, 6.45) is 6.18. The van der Waals surface area contributed by atoms with Crippen LogP contribution in [0.4, 0.5) is 0 Å². The Bertz CT molecular complexity index is 223. The molecule has 80 valence electrons. The maximum Gasteiger partial charge on any atom is 0.0157 e. The van der Waals surface area contributed by atoms with E-state index >= 15 is 0 Å². The molecule has 0 spiro atoms. The average molecular weight is 276 g/mol. The first-order valence-corrected chi connectivity index (χ1v) is 6.99. The summed E-state index contributed by atoms with van der Waals surface area (Å²) in [5.41, 5.74) is 5.48. The van der Waals surface area contributed by atoms with Crippen molar-refractivity contribution in [2.75, 3.05) is 6.54 Å². The van der Waals surface area contributed by atoms with E-state index in [1.54, 1.807) is 0 Å². The normalized spacial score (nSPS) is 13.0. The molecule has 0 aromatic carbocycles. The second-order valence-electron chi connectivity index (χ2n) is 3.50. The van der Waals surface area contributed by atoms with E-state index in [4.69, 9.17) is 5.73 Å². The minimum Gasteiger partial charge on any atom is -0.330 e. The van der Waals surface area contributed by atoms with Gasteiger partial charge in [-0.1, -0.05) is 28.4 Å². The fourth-order valence-electron chi connectivity index (χ4n) is 1.45. The number of alkyl halides is 1. The van der Waals surface area contributed by atoms with Gasteiger partial charge in [0.05, 0.1) is 0 Å². The Hall–Kier alpha value is 0.140. The molecule has 1 atom stereocenters. The van der Waals surface area contributed by atoms with E-state index in [9.17, 15) is 0 Å². The molecule has 0 aliphatic heterocycles. The predicted molar refractivity (Wildman–Crippen MR) is 68.3 cm³/mol. The van der Waals surface area contributed by atoms with Crippen molar-refractivity contribution in [1.82, 2.24) is 0 Å². The lowest BCUT2D eigenvalue weighted by Crippen LogP contribution is -2.07. The van der Waals surface area contributed by atoms with Gasteiger partial charge in [-0.2, -0.15) is 0 Å². The van der Waals surface area contributed by atoms with Crippen LogP contribution >= 0.6 is 27.3 Å². The molecule has 14 heavy (non-hydrogen) atoms. The standard InChI is InChI=1S/C11H18BrNS/c12-10(7-8-13)4-1-2-5-11-6-3-9-14-11/h3,6,9-10H,1-2,4-5,7-8,13H2. The zero-order chi connectivity index (χ0) is 10.2. The van der Waals surface area contributed by atoms with Crippen LogP contribution in [0.15, 0.2) is 17.5 Å². The van der Waals surface area contributed by atoms with Crippen LogP contribution in [0.25, 0.3) is 0 Å². The van der Waals surface area contributed by atoms with Gasteiger partial charge in [-0.15, -0.1) is 11.3 Å². The Kier molecular flexibility index (Phi) is 6.48. The molecule has 0 saturated carbocycles. The Morgan fingerprint density at radius 3 is 2.86 bits per heavy atom. The molecule has 0 aliphatic carbocycles. The van der Waals surface area contributed by atoms with Crippen LogP contribution in [-0.4, -0.2) is 11.4 Å². The van der Waals surface area contributed by atoms with Gasteiger partial charge >= 0.3 is 0 Å². The van der Waals surface area contributed by atoms with E-state index in [2.05, 4.69) is 33.4 Å². The quantitative estimate of drug-likeness (QED) is 0.598. The minimum atomic E-state index is 0.621. The van der Waals surface area contributed by atoms with Gasteiger partial charge in [0.1, 0.15) is 0 Å². The zero-order valence-corrected chi connectivity index (χ0v) is 10.8. The molecule has 1 unspecified atom stereocenters. The van der Waals surface area contributed by atoms with Gasteiger partial charge < -0.3 is 5.73 Å². The van der Waals surface area contributed by atoms with Crippen LogP contribution < -0.4 is 5.73 Å². The van der Waals surface area contributed by atoms with Gasteiger partial charge in [-0.25, -0.2) is 0 Å². The van der Waals surface area contributed by atoms with E-state index < -0.39 is 0 Å². The summed E-state index contributed by atoms with van der Waals surface area (Å²) < 4.78 is 0. The summed E-state index contributed by atoms with van der Waals surface area (Å²) in [5.74, 6) is 0. The van der Waals surface area contributed by atoms with Crippen LogP contribution in [0.1, 0.15) is 30.6 Å². The van der Waals surface area contributed by atoms with Gasteiger partial charge in [0, 0.05) is 9.70 Å². The highest BCUT2D eigenvalue weighted by Gasteiger charge is 2.02. The van der Waals surface area contributed by atoms with E-state index in [0.717, 1.165) is 13.0 Å². The number of hydrogen-bond acceptors (Lipinski definition) is 2. The fraction of sp³-hybridized carbons (Fsp3) is 0.636. The molecule has 0 bridgehead atoms. The largest absolute Gasteiger partial charge is 0.330 e. The molecular formula is C11H18BrNS. The predicted octanol–water partition coefficient (Wildman–Crippen LogP) is 3.57. The molecule has 2 N–H and O–H groups in total. The molecule has 3 heteroatoms. The van der Waals surface area contributed by atoms with E-state index in [1.807, 2.05) is 11.3 Å². The van der Waals surface area contributed by atoms with Crippen LogP contribution in [0.5, 0.6) is 0 Å². The third-order valence-electron chi connectivity index (χ3n) is 2.25. The van der Waals surface area contributed by atoms with Crippen LogP contribution in [0, 0.1) is 0 Å². The number of rotatable bonds is 7. The lowest BCUT2D eigenvalue weighted by Gasteiger charge is -2.06. The van der Waals surface area contributed by atoms with Crippen LogP contribution in [0.2, 0.25) is 0 Å².